The summed E-state index contributed by atoms with van der Waals surface area (Å²) in [5, 5.41) is 12.5. The highest BCUT2D eigenvalue weighted by Crippen LogP contribution is 2.22. The number of nitriles is 1. The summed E-state index contributed by atoms with van der Waals surface area (Å²) in [6.07, 6.45) is 0. The molecule has 1 aromatic carbocycles. The maximum Gasteiger partial charge on any atom is 0.0671 e. The van der Waals surface area contributed by atoms with Crippen molar-refractivity contribution in [2.24, 2.45) is 5.92 Å². The van der Waals surface area contributed by atoms with Crippen LogP contribution in [0.4, 0.5) is 5.69 Å². The highest BCUT2D eigenvalue weighted by Gasteiger charge is 2.02. The average molecular weight is 209 g/mol. The van der Waals surface area contributed by atoms with E-state index < -0.39 is 0 Å². The Morgan fingerprint density at radius 3 is 2.93 bits per heavy atom. The van der Waals surface area contributed by atoms with Crippen molar-refractivity contribution in [3.8, 4) is 6.07 Å². The summed E-state index contributed by atoms with van der Waals surface area (Å²) >= 11 is 5.98. The number of aryl methyl sites for hydroxylation is 1. The minimum absolute atomic E-state index is 0.00780. The second-order valence-corrected chi connectivity index (χ2v) is 3.80. The molecule has 1 N–H and O–H groups in total. The second-order valence-electron chi connectivity index (χ2n) is 3.39. The summed E-state index contributed by atoms with van der Waals surface area (Å²) in [5.41, 5.74) is 2.05. The second kappa shape index (κ2) is 4.88. The molecule has 0 saturated carbocycles. The first-order valence-corrected chi connectivity index (χ1v) is 4.91. The van der Waals surface area contributed by atoms with Crippen molar-refractivity contribution in [3.05, 3.63) is 28.8 Å². The zero-order chi connectivity index (χ0) is 10.6. The molecule has 0 radical (unpaired) electrons. The van der Waals surface area contributed by atoms with Crippen molar-refractivity contribution in [3.63, 3.8) is 0 Å². The number of hydrogen-bond acceptors (Lipinski definition) is 2. The summed E-state index contributed by atoms with van der Waals surface area (Å²) in [6.45, 7) is 4.51. The molecule has 0 amide bonds. The summed E-state index contributed by atoms with van der Waals surface area (Å²) in [4.78, 5) is 0. The molecule has 1 aromatic rings. The largest absolute Gasteiger partial charge is 0.383 e. The summed E-state index contributed by atoms with van der Waals surface area (Å²) in [5.74, 6) is -0.00780. The zero-order valence-electron chi connectivity index (χ0n) is 8.34. The highest BCUT2D eigenvalue weighted by atomic mass is 35.5. The van der Waals surface area contributed by atoms with Crippen LogP contribution in [0.2, 0.25) is 5.02 Å². The van der Waals surface area contributed by atoms with E-state index in [1.165, 1.54) is 0 Å². The van der Waals surface area contributed by atoms with Gasteiger partial charge >= 0.3 is 0 Å². The zero-order valence-corrected chi connectivity index (χ0v) is 9.10. The van der Waals surface area contributed by atoms with E-state index in [1.54, 1.807) is 0 Å². The van der Waals surface area contributed by atoms with Crippen LogP contribution in [0.25, 0.3) is 0 Å². The summed E-state index contributed by atoms with van der Waals surface area (Å²) in [6, 6.07) is 7.96. The predicted molar refractivity (Wildman–Crippen MR) is 59.5 cm³/mol. The molecule has 0 aliphatic rings. The lowest BCUT2D eigenvalue weighted by molar-refractivity contribution is 0.786. The monoisotopic (exact) mass is 208 g/mol. The third-order valence-electron chi connectivity index (χ3n) is 1.94. The normalized spacial score (nSPS) is 11.9. The molecule has 1 unspecified atom stereocenters. The van der Waals surface area contributed by atoms with Crippen LogP contribution < -0.4 is 5.32 Å². The number of benzene rings is 1. The van der Waals surface area contributed by atoms with E-state index in [9.17, 15) is 0 Å². The van der Waals surface area contributed by atoms with Gasteiger partial charge in [-0.3, -0.25) is 0 Å². The Balaban J connectivity index is 2.67. The molecule has 1 rings (SSSR count). The van der Waals surface area contributed by atoms with E-state index in [-0.39, 0.29) is 5.92 Å². The SMILES string of the molecule is Cc1ccc(Cl)c(NCC(C)C#N)c1. The van der Waals surface area contributed by atoms with Gasteiger partial charge in [-0.2, -0.15) is 5.26 Å². The quantitative estimate of drug-likeness (QED) is 0.828. The molecule has 2 nitrogen and oxygen atoms in total. The van der Waals surface area contributed by atoms with E-state index in [4.69, 9.17) is 16.9 Å². The van der Waals surface area contributed by atoms with E-state index in [0.717, 1.165) is 11.3 Å². The Kier molecular flexibility index (Phi) is 3.79. The highest BCUT2D eigenvalue weighted by molar-refractivity contribution is 6.33. The topological polar surface area (TPSA) is 35.8 Å². The fourth-order valence-electron chi connectivity index (χ4n) is 1.08. The van der Waals surface area contributed by atoms with Gasteiger partial charge in [-0.15, -0.1) is 0 Å². The Hall–Kier alpha value is -1.20. The van der Waals surface area contributed by atoms with Crippen LogP contribution in [0.15, 0.2) is 18.2 Å². The molecular weight excluding hydrogens is 196 g/mol. The number of nitrogens with one attached hydrogen (secondary N) is 1. The number of halogens is 1. The third kappa shape index (κ3) is 2.93. The number of anilines is 1. The van der Waals surface area contributed by atoms with Crippen molar-refractivity contribution < 1.29 is 0 Å². The maximum absolute atomic E-state index is 8.61. The van der Waals surface area contributed by atoms with Crippen LogP contribution in [0.3, 0.4) is 0 Å². The number of rotatable bonds is 3. The van der Waals surface area contributed by atoms with Crippen LogP contribution >= 0.6 is 11.6 Å². The van der Waals surface area contributed by atoms with Gasteiger partial charge in [0.1, 0.15) is 0 Å². The maximum atomic E-state index is 8.61. The van der Waals surface area contributed by atoms with Crippen LogP contribution in [0.1, 0.15) is 12.5 Å². The van der Waals surface area contributed by atoms with Gasteiger partial charge in [0.25, 0.3) is 0 Å². The molecule has 0 heterocycles. The van der Waals surface area contributed by atoms with Crippen molar-refractivity contribution in [2.75, 3.05) is 11.9 Å². The molecule has 3 heteroatoms. The van der Waals surface area contributed by atoms with Crippen LogP contribution in [0, 0.1) is 24.2 Å². The summed E-state index contributed by atoms with van der Waals surface area (Å²) < 4.78 is 0. The molecule has 74 valence electrons. The van der Waals surface area contributed by atoms with Gasteiger partial charge in [0.05, 0.1) is 22.7 Å². The predicted octanol–water partition coefficient (Wildman–Crippen LogP) is 3.22. The molecule has 1 atom stereocenters. The van der Waals surface area contributed by atoms with Gasteiger partial charge in [0, 0.05) is 6.54 Å². The molecule has 0 spiro atoms. The Morgan fingerprint density at radius 2 is 2.29 bits per heavy atom. The van der Waals surface area contributed by atoms with E-state index in [1.807, 2.05) is 32.0 Å². The summed E-state index contributed by atoms with van der Waals surface area (Å²) in [7, 11) is 0. The molecule has 0 aliphatic heterocycles. The van der Waals surface area contributed by atoms with Crippen LogP contribution in [-0.2, 0) is 0 Å². The first kappa shape index (κ1) is 10.9. The van der Waals surface area contributed by atoms with Crippen LogP contribution in [-0.4, -0.2) is 6.54 Å². The molecule has 0 saturated heterocycles. The molecular formula is C11H13ClN2. The van der Waals surface area contributed by atoms with Crippen molar-refractivity contribution in [1.29, 1.82) is 5.26 Å². The molecule has 0 fully saturated rings. The van der Waals surface area contributed by atoms with E-state index in [0.29, 0.717) is 11.6 Å². The number of hydrogen-bond donors (Lipinski definition) is 1. The molecule has 0 aliphatic carbocycles. The Bertz CT molecular complexity index is 355. The lowest BCUT2D eigenvalue weighted by atomic mass is 10.2. The van der Waals surface area contributed by atoms with Crippen molar-refractivity contribution >= 4 is 17.3 Å². The first-order valence-electron chi connectivity index (χ1n) is 4.53. The molecule has 0 aromatic heterocycles. The van der Waals surface area contributed by atoms with Gasteiger partial charge < -0.3 is 5.32 Å². The van der Waals surface area contributed by atoms with E-state index in [2.05, 4.69) is 11.4 Å². The van der Waals surface area contributed by atoms with Crippen LogP contribution in [0.5, 0.6) is 0 Å². The van der Waals surface area contributed by atoms with Gasteiger partial charge in [-0.25, -0.2) is 0 Å². The first-order chi connectivity index (χ1) is 6.63. The number of nitrogens with zero attached hydrogens (tertiary/aromatic N) is 1. The fraction of sp³-hybridized carbons (Fsp3) is 0.364. The fourth-order valence-corrected chi connectivity index (χ4v) is 1.27. The average Bonchev–Trinajstić information content (AvgIpc) is 2.19. The van der Waals surface area contributed by atoms with Gasteiger partial charge in [0.15, 0.2) is 0 Å². The van der Waals surface area contributed by atoms with Crippen molar-refractivity contribution in [1.82, 2.24) is 0 Å². The van der Waals surface area contributed by atoms with Crippen molar-refractivity contribution in [2.45, 2.75) is 13.8 Å². The van der Waals surface area contributed by atoms with E-state index >= 15 is 0 Å². The Labute approximate surface area is 89.5 Å². The standard InChI is InChI=1S/C11H13ClN2/c1-8-3-4-10(12)11(5-8)14-7-9(2)6-13/h3-5,9,14H,7H2,1-2H3. The molecule has 0 bridgehead atoms. The van der Waals surface area contributed by atoms with Gasteiger partial charge in [0.2, 0.25) is 0 Å². The Morgan fingerprint density at radius 1 is 1.57 bits per heavy atom. The van der Waals surface area contributed by atoms with Gasteiger partial charge in [-0.1, -0.05) is 17.7 Å². The minimum Gasteiger partial charge on any atom is -0.383 e. The minimum atomic E-state index is -0.00780. The molecule has 14 heavy (non-hydrogen) atoms. The third-order valence-corrected chi connectivity index (χ3v) is 2.27. The lowest BCUT2D eigenvalue weighted by Gasteiger charge is -2.09. The lowest BCUT2D eigenvalue weighted by Crippen LogP contribution is -2.09. The smallest absolute Gasteiger partial charge is 0.0671 e. The van der Waals surface area contributed by atoms with Gasteiger partial charge in [-0.05, 0) is 31.5 Å².